The third-order valence-corrected chi connectivity index (χ3v) is 3.26. The average Bonchev–Trinajstić information content (AvgIpc) is 2.33. The first-order chi connectivity index (χ1) is 8.15. The Morgan fingerprint density at radius 3 is 2.41 bits per heavy atom. The standard InChI is InChI=1S/C12H12FN3S/c1-8-9(2)15-16-12(14-8)17-7-10-3-5-11(13)6-4-10/h3-6H,7H2,1-2H3. The van der Waals surface area contributed by atoms with Crippen molar-refractivity contribution >= 4 is 11.8 Å². The zero-order valence-corrected chi connectivity index (χ0v) is 10.5. The zero-order valence-electron chi connectivity index (χ0n) is 9.64. The van der Waals surface area contributed by atoms with Crippen LogP contribution in [0.1, 0.15) is 17.0 Å². The summed E-state index contributed by atoms with van der Waals surface area (Å²) < 4.78 is 12.7. The van der Waals surface area contributed by atoms with E-state index in [1.165, 1.54) is 23.9 Å². The topological polar surface area (TPSA) is 38.7 Å². The van der Waals surface area contributed by atoms with Crippen molar-refractivity contribution in [3.8, 4) is 0 Å². The summed E-state index contributed by atoms with van der Waals surface area (Å²) in [5.41, 5.74) is 2.77. The van der Waals surface area contributed by atoms with Gasteiger partial charge in [0, 0.05) is 5.75 Å². The summed E-state index contributed by atoms with van der Waals surface area (Å²) in [4.78, 5) is 4.32. The molecule has 0 aliphatic rings. The molecule has 0 N–H and O–H groups in total. The number of halogens is 1. The summed E-state index contributed by atoms with van der Waals surface area (Å²) in [7, 11) is 0. The van der Waals surface area contributed by atoms with Crippen LogP contribution in [0.15, 0.2) is 29.4 Å². The highest BCUT2D eigenvalue weighted by Crippen LogP contribution is 2.19. The van der Waals surface area contributed by atoms with Crippen LogP contribution in [-0.2, 0) is 5.75 Å². The lowest BCUT2D eigenvalue weighted by atomic mass is 10.2. The van der Waals surface area contributed by atoms with E-state index in [0.29, 0.717) is 10.9 Å². The Bertz CT molecular complexity index is 514. The van der Waals surface area contributed by atoms with Crippen molar-refractivity contribution in [3.05, 3.63) is 47.0 Å². The highest BCUT2D eigenvalue weighted by molar-refractivity contribution is 7.98. The molecule has 1 aromatic heterocycles. The summed E-state index contributed by atoms with van der Waals surface area (Å²) >= 11 is 1.50. The van der Waals surface area contributed by atoms with Crippen molar-refractivity contribution in [2.24, 2.45) is 0 Å². The molecule has 0 aliphatic carbocycles. The largest absolute Gasteiger partial charge is 0.225 e. The Balaban J connectivity index is 2.02. The minimum atomic E-state index is -0.220. The van der Waals surface area contributed by atoms with Crippen LogP contribution in [0.2, 0.25) is 0 Å². The molecule has 2 aromatic rings. The van der Waals surface area contributed by atoms with Crippen LogP contribution in [0.25, 0.3) is 0 Å². The van der Waals surface area contributed by atoms with Gasteiger partial charge in [0.25, 0.3) is 0 Å². The second-order valence-corrected chi connectivity index (χ2v) is 4.62. The molecule has 0 unspecified atom stereocenters. The average molecular weight is 249 g/mol. The molecule has 2 rings (SSSR count). The quantitative estimate of drug-likeness (QED) is 0.784. The van der Waals surface area contributed by atoms with E-state index in [1.54, 1.807) is 12.1 Å². The van der Waals surface area contributed by atoms with E-state index in [1.807, 2.05) is 13.8 Å². The van der Waals surface area contributed by atoms with Gasteiger partial charge in [0.05, 0.1) is 11.4 Å². The van der Waals surface area contributed by atoms with E-state index in [-0.39, 0.29) is 5.82 Å². The molecule has 0 aliphatic heterocycles. The van der Waals surface area contributed by atoms with Crippen molar-refractivity contribution < 1.29 is 4.39 Å². The van der Waals surface area contributed by atoms with Gasteiger partial charge in [0.15, 0.2) is 0 Å². The van der Waals surface area contributed by atoms with Crippen LogP contribution in [0.3, 0.4) is 0 Å². The van der Waals surface area contributed by atoms with E-state index >= 15 is 0 Å². The van der Waals surface area contributed by atoms with Gasteiger partial charge in [-0.2, -0.15) is 5.10 Å². The van der Waals surface area contributed by atoms with E-state index in [0.717, 1.165) is 17.0 Å². The molecule has 0 bridgehead atoms. The molecule has 0 amide bonds. The fourth-order valence-electron chi connectivity index (χ4n) is 1.23. The van der Waals surface area contributed by atoms with Crippen LogP contribution in [0, 0.1) is 19.7 Å². The van der Waals surface area contributed by atoms with E-state index in [4.69, 9.17) is 0 Å². The summed E-state index contributed by atoms with van der Waals surface area (Å²) in [5.74, 6) is 0.493. The third kappa shape index (κ3) is 3.23. The molecule has 0 fully saturated rings. The maximum atomic E-state index is 12.7. The Morgan fingerprint density at radius 2 is 1.76 bits per heavy atom. The fraction of sp³-hybridized carbons (Fsp3) is 0.250. The van der Waals surface area contributed by atoms with Gasteiger partial charge in [0.1, 0.15) is 5.82 Å². The van der Waals surface area contributed by atoms with Crippen molar-refractivity contribution in [2.45, 2.75) is 24.8 Å². The number of nitrogens with zero attached hydrogens (tertiary/aromatic N) is 3. The maximum absolute atomic E-state index is 12.7. The predicted molar refractivity (Wildman–Crippen MR) is 65.3 cm³/mol. The summed E-state index contributed by atoms with van der Waals surface area (Å²) in [6, 6.07) is 6.43. The number of aromatic nitrogens is 3. The fourth-order valence-corrected chi connectivity index (χ4v) is 2.01. The number of hydrogen-bond donors (Lipinski definition) is 0. The van der Waals surface area contributed by atoms with Crippen LogP contribution < -0.4 is 0 Å². The monoisotopic (exact) mass is 249 g/mol. The minimum Gasteiger partial charge on any atom is -0.225 e. The van der Waals surface area contributed by atoms with Gasteiger partial charge in [-0.3, -0.25) is 0 Å². The van der Waals surface area contributed by atoms with Gasteiger partial charge in [-0.05, 0) is 31.5 Å². The van der Waals surface area contributed by atoms with Crippen molar-refractivity contribution in [1.29, 1.82) is 0 Å². The lowest BCUT2D eigenvalue weighted by molar-refractivity contribution is 0.627. The summed E-state index contributed by atoms with van der Waals surface area (Å²) in [6.45, 7) is 3.79. The molecular weight excluding hydrogens is 237 g/mol. The summed E-state index contributed by atoms with van der Waals surface area (Å²) in [6.07, 6.45) is 0. The number of rotatable bonds is 3. The third-order valence-electron chi connectivity index (χ3n) is 2.35. The molecule has 5 heteroatoms. The van der Waals surface area contributed by atoms with Gasteiger partial charge in [-0.15, -0.1) is 5.10 Å². The van der Waals surface area contributed by atoms with Crippen LogP contribution in [0.5, 0.6) is 0 Å². The van der Waals surface area contributed by atoms with Gasteiger partial charge in [-0.25, -0.2) is 9.37 Å². The number of hydrogen-bond acceptors (Lipinski definition) is 4. The van der Waals surface area contributed by atoms with Gasteiger partial charge in [-0.1, -0.05) is 23.9 Å². The van der Waals surface area contributed by atoms with E-state index < -0.39 is 0 Å². The van der Waals surface area contributed by atoms with Crippen molar-refractivity contribution in [3.63, 3.8) is 0 Å². The molecule has 0 spiro atoms. The lowest BCUT2D eigenvalue weighted by Crippen LogP contribution is -1.97. The Morgan fingerprint density at radius 1 is 1.06 bits per heavy atom. The lowest BCUT2D eigenvalue weighted by Gasteiger charge is -2.02. The first-order valence-electron chi connectivity index (χ1n) is 5.20. The second-order valence-electron chi connectivity index (χ2n) is 3.68. The molecular formula is C12H12FN3S. The Hall–Kier alpha value is -1.49. The minimum absolute atomic E-state index is 0.220. The van der Waals surface area contributed by atoms with Gasteiger partial charge < -0.3 is 0 Å². The number of benzene rings is 1. The first kappa shape index (κ1) is 12.0. The molecule has 88 valence electrons. The van der Waals surface area contributed by atoms with Gasteiger partial charge >= 0.3 is 0 Å². The van der Waals surface area contributed by atoms with Crippen molar-refractivity contribution in [1.82, 2.24) is 15.2 Å². The first-order valence-corrected chi connectivity index (χ1v) is 6.19. The highest BCUT2D eigenvalue weighted by atomic mass is 32.2. The molecule has 1 heterocycles. The predicted octanol–water partition coefficient (Wildman–Crippen LogP) is 2.92. The van der Waals surface area contributed by atoms with E-state index in [9.17, 15) is 4.39 Å². The zero-order chi connectivity index (χ0) is 12.3. The molecule has 0 saturated heterocycles. The SMILES string of the molecule is Cc1nnc(SCc2ccc(F)cc2)nc1C. The molecule has 0 saturated carbocycles. The Labute approximate surface area is 103 Å². The van der Waals surface area contributed by atoms with E-state index in [2.05, 4.69) is 15.2 Å². The molecule has 17 heavy (non-hydrogen) atoms. The molecule has 3 nitrogen and oxygen atoms in total. The Kier molecular flexibility index (Phi) is 3.68. The van der Waals surface area contributed by atoms with Crippen LogP contribution in [-0.4, -0.2) is 15.2 Å². The second kappa shape index (κ2) is 5.23. The number of thioether (sulfide) groups is 1. The number of aryl methyl sites for hydroxylation is 2. The van der Waals surface area contributed by atoms with Crippen molar-refractivity contribution in [2.75, 3.05) is 0 Å². The molecule has 1 aromatic carbocycles. The molecule has 0 radical (unpaired) electrons. The highest BCUT2D eigenvalue weighted by Gasteiger charge is 2.03. The normalized spacial score (nSPS) is 10.5. The van der Waals surface area contributed by atoms with Crippen LogP contribution in [0.4, 0.5) is 4.39 Å². The van der Waals surface area contributed by atoms with Crippen LogP contribution >= 0.6 is 11.8 Å². The summed E-state index contributed by atoms with van der Waals surface area (Å²) in [5, 5.41) is 8.66. The maximum Gasteiger partial charge on any atom is 0.209 e. The smallest absolute Gasteiger partial charge is 0.209 e. The molecule has 0 atom stereocenters. The van der Waals surface area contributed by atoms with Gasteiger partial charge in [0.2, 0.25) is 5.16 Å².